The Labute approximate surface area is 118 Å². The number of hydrogen-bond acceptors (Lipinski definition) is 3. The second-order valence-electron chi connectivity index (χ2n) is 5.01. The Morgan fingerprint density at radius 3 is 2.85 bits per heavy atom. The summed E-state index contributed by atoms with van der Waals surface area (Å²) in [5, 5.41) is 2.70. The molecule has 1 aromatic carbocycles. The largest absolute Gasteiger partial charge is 0.493 e. The normalized spacial score (nSPS) is 14.9. The molecule has 1 fully saturated rings. The zero-order chi connectivity index (χ0) is 14.5. The summed E-state index contributed by atoms with van der Waals surface area (Å²) in [6.07, 6.45) is 0.292. The van der Waals surface area contributed by atoms with Crippen molar-refractivity contribution in [1.29, 1.82) is 0 Å². The fraction of sp³-hybridized carbons (Fsp3) is 0.467. The van der Waals surface area contributed by atoms with Crippen LogP contribution in [-0.2, 0) is 9.59 Å². The lowest BCUT2D eigenvalue weighted by molar-refractivity contribution is -0.138. The van der Waals surface area contributed by atoms with E-state index in [0.717, 1.165) is 5.75 Å². The zero-order valence-corrected chi connectivity index (χ0v) is 11.9. The van der Waals surface area contributed by atoms with E-state index in [0.29, 0.717) is 26.1 Å². The van der Waals surface area contributed by atoms with E-state index in [1.807, 2.05) is 32.0 Å². The van der Waals surface area contributed by atoms with Gasteiger partial charge in [-0.25, -0.2) is 0 Å². The number of hydrogen-bond donors (Lipinski definition) is 1. The second-order valence-corrected chi connectivity index (χ2v) is 5.01. The van der Waals surface area contributed by atoms with Crippen molar-refractivity contribution in [2.24, 2.45) is 0 Å². The lowest BCUT2D eigenvalue weighted by atomic mass is 10.1. The summed E-state index contributed by atoms with van der Waals surface area (Å²) in [5.41, 5.74) is 2.38. The molecule has 0 spiro atoms. The number of amides is 2. The van der Waals surface area contributed by atoms with E-state index in [4.69, 9.17) is 4.74 Å². The lowest BCUT2D eigenvalue weighted by Crippen LogP contribution is -2.50. The third kappa shape index (κ3) is 3.73. The van der Waals surface area contributed by atoms with Gasteiger partial charge in [-0.05, 0) is 37.1 Å². The number of benzene rings is 1. The summed E-state index contributed by atoms with van der Waals surface area (Å²) in [5.74, 6) is 0.639. The van der Waals surface area contributed by atoms with Gasteiger partial charge in [0.1, 0.15) is 5.75 Å². The van der Waals surface area contributed by atoms with Crippen LogP contribution in [0.25, 0.3) is 0 Å². The predicted molar refractivity (Wildman–Crippen MR) is 75.6 cm³/mol. The Morgan fingerprint density at radius 2 is 2.15 bits per heavy atom. The third-order valence-electron chi connectivity index (χ3n) is 3.45. The van der Waals surface area contributed by atoms with Crippen LogP contribution in [0.1, 0.15) is 17.5 Å². The Morgan fingerprint density at radius 1 is 1.35 bits per heavy atom. The van der Waals surface area contributed by atoms with Crippen molar-refractivity contribution in [3.8, 4) is 5.75 Å². The first-order valence-corrected chi connectivity index (χ1v) is 6.81. The monoisotopic (exact) mass is 276 g/mol. The molecule has 108 valence electrons. The minimum absolute atomic E-state index is 0.0383. The number of carbonyl (C=O) groups is 2. The number of aryl methyl sites for hydroxylation is 2. The minimum Gasteiger partial charge on any atom is -0.493 e. The van der Waals surface area contributed by atoms with Crippen LogP contribution in [0, 0.1) is 13.8 Å². The van der Waals surface area contributed by atoms with Gasteiger partial charge in [0.15, 0.2) is 0 Å². The Hall–Kier alpha value is -2.04. The molecule has 2 rings (SSSR count). The maximum Gasteiger partial charge on any atom is 0.239 e. The standard InChI is InChI=1S/C15H20N2O3/c1-11-3-4-13(9-12(11)2)20-8-5-15(19)17-7-6-16-14(18)10-17/h3-4,9H,5-8,10H2,1-2H3,(H,16,18). The molecule has 1 saturated heterocycles. The quantitative estimate of drug-likeness (QED) is 0.893. The number of nitrogens with one attached hydrogen (secondary N) is 1. The molecule has 2 amide bonds. The van der Waals surface area contributed by atoms with E-state index in [1.165, 1.54) is 11.1 Å². The number of nitrogens with zero attached hydrogens (tertiary/aromatic N) is 1. The SMILES string of the molecule is Cc1ccc(OCCC(=O)N2CCNC(=O)C2)cc1C. The molecule has 0 unspecified atom stereocenters. The molecule has 1 aliphatic heterocycles. The van der Waals surface area contributed by atoms with Crippen molar-refractivity contribution in [3.05, 3.63) is 29.3 Å². The molecule has 0 saturated carbocycles. The molecule has 0 bridgehead atoms. The van der Waals surface area contributed by atoms with Crippen LogP contribution in [0.3, 0.4) is 0 Å². The van der Waals surface area contributed by atoms with Crippen LogP contribution < -0.4 is 10.1 Å². The zero-order valence-electron chi connectivity index (χ0n) is 11.9. The van der Waals surface area contributed by atoms with Gasteiger partial charge in [-0.1, -0.05) is 6.07 Å². The van der Waals surface area contributed by atoms with Gasteiger partial charge in [0.2, 0.25) is 11.8 Å². The first-order chi connectivity index (χ1) is 9.56. The van der Waals surface area contributed by atoms with Gasteiger partial charge in [0.25, 0.3) is 0 Å². The van der Waals surface area contributed by atoms with Crippen LogP contribution in [0.4, 0.5) is 0 Å². The summed E-state index contributed by atoms with van der Waals surface area (Å²) in [7, 11) is 0. The highest BCUT2D eigenvalue weighted by molar-refractivity contribution is 5.85. The smallest absolute Gasteiger partial charge is 0.239 e. The predicted octanol–water partition coefficient (Wildman–Crippen LogP) is 1.03. The van der Waals surface area contributed by atoms with Crippen LogP contribution in [-0.4, -0.2) is 43.0 Å². The Bertz CT molecular complexity index is 514. The second kappa shape index (κ2) is 6.41. The molecule has 1 N–H and O–H groups in total. The summed E-state index contributed by atoms with van der Waals surface area (Å²) >= 11 is 0. The molecule has 0 aliphatic carbocycles. The maximum absolute atomic E-state index is 11.9. The van der Waals surface area contributed by atoms with Gasteiger partial charge in [-0.3, -0.25) is 9.59 Å². The van der Waals surface area contributed by atoms with Crippen molar-refractivity contribution in [2.75, 3.05) is 26.2 Å². The van der Waals surface area contributed by atoms with Crippen LogP contribution in [0.2, 0.25) is 0 Å². The Balaban J connectivity index is 1.78. The van der Waals surface area contributed by atoms with Gasteiger partial charge in [0, 0.05) is 13.1 Å². The average Bonchev–Trinajstić information content (AvgIpc) is 2.42. The first kappa shape index (κ1) is 14.4. The maximum atomic E-state index is 11.9. The molecule has 0 aromatic heterocycles. The van der Waals surface area contributed by atoms with Crippen molar-refractivity contribution in [1.82, 2.24) is 10.2 Å². The molecule has 5 nitrogen and oxygen atoms in total. The van der Waals surface area contributed by atoms with Crippen LogP contribution >= 0.6 is 0 Å². The molecular formula is C15H20N2O3. The molecule has 1 aliphatic rings. The fourth-order valence-corrected chi connectivity index (χ4v) is 2.07. The van der Waals surface area contributed by atoms with Crippen LogP contribution in [0.15, 0.2) is 18.2 Å². The lowest BCUT2D eigenvalue weighted by Gasteiger charge is -2.26. The van der Waals surface area contributed by atoms with Crippen molar-refractivity contribution in [2.45, 2.75) is 20.3 Å². The van der Waals surface area contributed by atoms with E-state index in [-0.39, 0.29) is 18.4 Å². The van der Waals surface area contributed by atoms with E-state index in [2.05, 4.69) is 5.32 Å². The topological polar surface area (TPSA) is 58.6 Å². The van der Waals surface area contributed by atoms with Gasteiger partial charge in [-0.2, -0.15) is 0 Å². The Kier molecular flexibility index (Phi) is 4.61. The highest BCUT2D eigenvalue weighted by Gasteiger charge is 2.20. The van der Waals surface area contributed by atoms with E-state index >= 15 is 0 Å². The molecule has 5 heteroatoms. The summed E-state index contributed by atoms with van der Waals surface area (Å²) < 4.78 is 5.58. The van der Waals surface area contributed by atoms with Crippen molar-refractivity contribution < 1.29 is 14.3 Å². The van der Waals surface area contributed by atoms with Gasteiger partial charge in [-0.15, -0.1) is 0 Å². The molecule has 1 aromatic rings. The van der Waals surface area contributed by atoms with E-state index in [9.17, 15) is 9.59 Å². The first-order valence-electron chi connectivity index (χ1n) is 6.81. The highest BCUT2D eigenvalue weighted by atomic mass is 16.5. The van der Waals surface area contributed by atoms with Crippen molar-refractivity contribution in [3.63, 3.8) is 0 Å². The minimum atomic E-state index is -0.0975. The average molecular weight is 276 g/mol. The van der Waals surface area contributed by atoms with Gasteiger partial charge >= 0.3 is 0 Å². The summed E-state index contributed by atoms with van der Waals surface area (Å²) in [4.78, 5) is 24.7. The molecule has 20 heavy (non-hydrogen) atoms. The molecule has 0 radical (unpaired) electrons. The third-order valence-corrected chi connectivity index (χ3v) is 3.45. The summed E-state index contributed by atoms with van der Waals surface area (Å²) in [6.45, 7) is 5.67. The van der Waals surface area contributed by atoms with Gasteiger partial charge < -0.3 is 15.0 Å². The molecular weight excluding hydrogens is 256 g/mol. The number of rotatable bonds is 4. The number of carbonyl (C=O) groups excluding carboxylic acids is 2. The molecule has 1 heterocycles. The summed E-state index contributed by atoms with van der Waals surface area (Å²) in [6, 6.07) is 5.87. The van der Waals surface area contributed by atoms with E-state index < -0.39 is 0 Å². The van der Waals surface area contributed by atoms with Crippen LogP contribution in [0.5, 0.6) is 5.75 Å². The van der Waals surface area contributed by atoms with Crippen molar-refractivity contribution >= 4 is 11.8 Å². The fourth-order valence-electron chi connectivity index (χ4n) is 2.07. The van der Waals surface area contributed by atoms with Gasteiger partial charge in [0.05, 0.1) is 19.6 Å². The number of piperazine rings is 1. The van der Waals surface area contributed by atoms with E-state index in [1.54, 1.807) is 4.90 Å². The molecule has 0 atom stereocenters. The number of ether oxygens (including phenoxy) is 1. The highest BCUT2D eigenvalue weighted by Crippen LogP contribution is 2.16.